The van der Waals surface area contributed by atoms with Gasteiger partial charge in [0.15, 0.2) is 6.54 Å². The topological polar surface area (TPSA) is 21.7 Å². The van der Waals surface area contributed by atoms with Gasteiger partial charge in [-0.25, -0.2) is 4.68 Å². The number of nitrogens with zero attached hydrogens (tertiary/aromatic N) is 3. The van der Waals surface area contributed by atoms with Crippen LogP contribution in [0.2, 0.25) is 0 Å². The van der Waals surface area contributed by atoms with E-state index < -0.39 is 7.25 Å². The monoisotopic (exact) mass is 617 g/mol. The third-order valence-electron chi connectivity index (χ3n) is 8.89. The minimum absolute atomic E-state index is 0.906. The standard InChI is InChI=1S/C38H32N3.BF4/c1-3-13-30(14-4-1)36-34-21-19-28-11-7-9-17-32(28)37(34)40(38-33-18-10-8-12-29(33)20-22-35(36)38)24-23-27-25-39-41(26-27)31-15-5-2-6-16-31;2-1(3,4)5/h1-18,25-26H,19-24H2;/q+1;-1. The van der Waals surface area contributed by atoms with E-state index in [2.05, 4.69) is 114 Å². The molecule has 0 N–H and O–H groups in total. The third-order valence-corrected chi connectivity index (χ3v) is 8.89. The largest absolute Gasteiger partial charge is 0.673 e. The van der Waals surface area contributed by atoms with Crippen LogP contribution in [-0.4, -0.2) is 17.0 Å². The fourth-order valence-electron chi connectivity index (χ4n) is 7.05. The van der Waals surface area contributed by atoms with Gasteiger partial charge in [-0.3, -0.25) is 0 Å². The first-order valence-corrected chi connectivity index (χ1v) is 15.6. The summed E-state index contributed by atoms with van der Waals surface area (Å²) in [6.45, 7) is 0.906. The van der Waals surface area contributed by atoms with E-state index in [1.807, 2.05) is 16.9 Å². The van der Waals surface area contributed by atoms with Crippen LogP contribution in [0.15, 0.2) is 122 Å². The minimum Gasteiger partial charge on any atom is -0.418 e. The fourth-order valence-corrected chi connectivity index (χ4v) is 7.05. The summed E-state index contributed by atoms with van der Waals surface area (Å²) in [6.07, 6.45) is 9.45. The molecule has 0 bridgehead atoms. The molecule has 0 saturated carbocycles. The van der Waals surface area contributed by atoms with Crippen LogP contribution in [-0.2, 0) is 38.6 Å². The zero-order valence-electron chi connectivity index (χ0n) is 25.2. The van der Waals surface area contributed by atoms with Crippen molar-refractivity contribution in [3.63, 3.8) is 0 Å². The zero-order valence-corrected chi connectivity index (χ0v) is 25.2. The van der Waals surface area contributed by atoms with Crippen LogP contribution in [0.4, 0.5) is 17.3 Å². The van der Waals surface area contributed by atoms with Crippen molar-refractivity contribution in [1.29, 1.82) is 0 Å². The second-order valence-electron chi connectivity index (χ2n) is 11.7. The van der Waals surface area contributed by atoms with Gasteiger partial charge >= 0.3 is 7.25 Å². The Morgan fingerprint density at radius 2 is 1.13 bits per heavy atom. The third kappa shape index (κ3) is 5.99. The summed E-state index contributed by atoms with van der Waals surface area (Å²) < 4.78 is 43.7. The summed E-state index contributed by atoms with van der Waals surface area (Å²) in [5.74, 6) is 0. The average Bonchev–Trinajstić information content (AvgIpc) is 3.55. The van der Waals surface area contributed by atoms with E-state index in [9.17, 15) is 17.3 Å². The maximum Gasteiger partial charge on any atom is 0.673 e. The molecule has 0 fully saturated rings. The number of aromatic nitrogens is 3. The minimum atomic E-state index is -6.00. The lowest BCUT2D eigenvalue weighted by Gasteiger charge is -2.28. The first-order valence-electron chi connectivity index (χ1n) is 15.6. The van der Waals surface area contributed by atoms with E-state index in [0.717, 1.165) is 44.3 Å². The highest BCUT2D eigenvalue weighted by Crippen LogP contribution is 2.44. The van der Waals surface area contributed by atoms with Crippen molar-refractivity contribution in [1.82, 2.24) is 9.78 Å². The molecule has 46 heavy (non-hydrogen) atoms. The summed E-state index contributed by atoms with van der Waals surface area (Å²) in [7, 11) is -6.00. The van der Waals surface area contributed by atoms with Gasteiger partial charge in [0.25, 0.3) is 0 Å². The number of para-hydroxylation sites is 1. The average molecular weight is 617 g/mol. The van der Waals surface area contributed by atoms with Gasteiger partial charge in [-0.1, -0.05) is 84.9 Å². The molecule has 2 heterocycles. The Morgan fingerprint density at radius 3 is 1.70 bits per heavy atom. The highest BCUT2D eigenvalue weighted by molar-refractivity contribution is 6.50. The molecule has 0 unspecified atom stereocenters. The molecular formula is C38H32BF4N3. The van der Waals surface area contributed by atoms with Crippen LogP contribution in [0.3, 0.4) is 0 Å². The molecule has 3 nitrogen and oxygen atoms in total. The maximum absolute atomic E-state index is 9.75. The predicted molar refractivity (Wildman–Crippen MR) is 175 cm³/mol. The molecular weight excluding hydrogens is 585 g/mol. The number of fused-ring (bicyclic) bond motifs is 6. The second kappa shape index (κ2) is 12.4. The Balaban J connectivity index is 0.000000630. The van der Waals surface area contributed by atoms with Crippen LogP contribution in [0, 0.1) is 0 Å². The van der Waals surface area contributed by atoms with Gasteiger partial charge in [0.1, 0.15) is 0 Å². The number of halogens is 4. The van der Waals surface area contributed by atoms with E-state index in [1.54, 1.807) is 0 Å². The SMILES string of the molecule is F[B-](F)(F)F.c1ccc(-c2c3c([n+](CCc4cnn(-c5ccccc5)c4)c4c2CCc2ccccc2-4)-c2ccccc2CC3)cc1. The highest BCUT2D eigenvalue weighted by atomic mass is 19.5. The summed E-state index contributed by atoms with van der Waals surface area (Å²) in [4.78, 5) is 0. The molecule has 2 aliphatic rings. The summed E-state index contributed by atoms with van der Waals surface area (Å²) >= 11 is 0. The normalized spacial score (nSPS) is 13.0. The molecule has 2 aliphatic carbocycles. The lowest BCUT2D eigenvalue weighted by Crippen LogP contribution is -2.44. The number of hydrogen-bond acceptors (Lipinski definition) is 1. The summed E-state index contributed by atoms with van der Waals surface area (Å²) in [5, 5.41) is 4.71. The van der Waals surface area contributed by atoms with Crippen molar-refractivity contribution in [2.75, 3.05) is 0 Å². The summed E-state index contributed by atoms with van der Waals surface area (Å²) in [6, 6.07) is 39.6. The molecule has 8 rings (SSSR count). The van der Waals surface area contributed by atoms with Crippen molar-refractivity contribution in [2.24, 2.45) is 0 Å². The lowest BCUT2D eigenvalue weighted by molar-refractivity contribution is -0.675. The number of rotatable bonds is 5. The Labute approximate surface area is 265 Å². The van der Waals surface area contributed by atoms with Gasteiger partial charge in [0, 0.05) is 40.4 Å². The van der Waals surface area contributed by atoms with Crippen molar-refractivity contribution >= 4 is 7.25 Å². The Kier molecular flexibility index (Phi) is 8.03. The molecule has 2 aromatic heterocycles. The molecule has 0 radical (unpaired) electrons. The van der Waals surface area contributed by atoms with Crippen molar-refractivity contribution in [2.45, 2.75) is 38.6 Å². The predicted octanol–water partition coefficient (Wildman–Crippen LogP) is 8.90. The van der Waals surface area contributed by atoms with Gasteiger partial charge in [-0.15, -0.1) is 0 Å². The molecule has 230 valence electrons. The smallest absolute Gasteiger partial charge is 0.418 e. The van der Waals surface area contributed by atoms with Crippen LogP contribution in [0.1, 0.15) is 27.8 Å². The van der Waals surface area contributed by atoms with Crippen molar-refractivity contribution in [3.05, 3.63) is 149 Å². The zero-order chi connectivity index (χ0) is 31.7. The Bertz CT molecular complexity index is 1920. The van der Waals surface area contributed by atoms with Crippen LogP contribution >= 0.6 is 0 Å². The molecule has 8 heteroatoms. The first-order chi connectivity index (χ1) is 22.3. The Morgan fingerprint density at radius 1 is 0.630 bits per heavy atom. The molecule has 6 aromatic rings. The molecule has 0 amide bonds. The van der Waals surface area contributed by atoms with Crippen molar-refractivity contribution < 1.29 is 21.8 Å². The fraction of sp³-hybridized carbons (Fsp3) is 0.158. The van der Waals surface area contributed by atoms with Crippen LogP contribution < -0.4 is 4.57 Å². The first kappa shape index (κ1) is 29.7. The highest BCUT2D eigenvalue weighted by Gasteiger charge is 2.37. The molecule has 0 spiro atoms. The van der Waals surface area contributed by atoms with Crippen LogP contribution in [0.25, 0.3) is 39.3 Å². The van der Waals surface area contributed by atoms with E-state index in [1.165, 1.54) is 61.5 Å². The van der Waals surface area contributed by atoms with Gasteiger partial charge in [0.2, 0.25) is 11.4 Å². The maximum atomic E-state index is 9.75. The molecule has 0 aliphatic heterocycles. The molecule has 0 saturated heterocycles. The van der Waals surface area contributed by atoms with E-state index in [-0.39, 0.29) is 0 Å². The lowest BCUT2D eigenvalue weighted by atomic mass is 9.77. The van der Waals surface area contributed by atoms with E-state index in [4.69, 9.17) is 5.10 Å². The Hall–Kier alpha value is -4.98. The number of aryl methyl sites for hydroxylation is 3. The van der Waals surface area contributed by atoms with Crippen molar-refractivity contribution in [3.8, 4) is 39.3 Å². The van der Waals surface area contributed by atoms with Gasteiger partial charge < -0.3 is 17.3 Å². The summed E-state index contributed by atoms with van der Waals surface area (Å²) in [5.41, 5.74) is 16.6. The van der Waals surface area contributed by atoms with E-state index in [0.29, 0.717) is 0 Å². The van der Waals surface area contributed by atoms with Gasteiger partial charge in [-0.05, 0) is 72.2 Å². The van der Waals surface area contributed by atoms with Crippen LogP contribution in [0.5, 0.6) is 0 Å². The van der Waals surface area contributed by atoms with E-state index >= 15 is 0 Å². The molecule has 0 atom stereocenters. The number of hydrogen-bond donors (Lipinski definition) is 0. The quantitative estimate of drug-likeness (QED) is 0.108. The number of pyridine rings is 1. The second-order valence-corrected chi connectivity index (χ2v) is 11.7. The molecule has 4 aromatic carbocycles. The van der Waals surface area contributed by atoms with Gasteiger partial charge in [-0.2, -0.15) is 9.67 Å². The van der Waals surface area contributed by atoms with Gasteiger partial charge in [0.05, 0.1) is 11.9 Å². The number of benzene rings is 4.